The first kappa shape index (κ1) is 13.1. The lowest BCUT2D eigenvalue weighted by Gasteiger charge is -2.15. The molecule has 0 fully saturated rings. The molecule has 2 rings (SSSR count). The van der Waals surface area contributed by atoms with Crippen molar-refractivity contribution in [3.8, 4) is 5.75 Å². The number of nitrogens with zero attached hydrogens (tertiary/aromatic N) is 1. The maximum Gasteiger partial charge on any atom is 0.255 e. The van der Waals surface area contributed by atoms with E-state index in [4.69, 9.17) is 0 Å². The number of carbonyl (C=O) groups excluding carboxylic acids is 1. The van der Waals surface area contributed by atoms with Gasteiger partial charge in [-0.2, -0.15) is 0 Å². The van der Waals surface area contributed by atoms with Crippen molar-refractivity contribution < 1.29 is 9.90 Å². The minimum absolute atomic E-state index is 0.115. The van der Waals surface area contributed by atoms with E-state index >= 15 is 0 Å². The zero-order chi connectivity index (χ0) is 13.8. The van der Waals surface area contributed by atoms with Crippen LogP contribution in [0.1, 0.15) is 34.5 Å². The Morgan fingerprint density at radius 3 is 2.58 bits per heavy atom. The van der Waals surface area contributed by atoms with Gasteiger partial charge in [-0.3, -0.25) is 9.78 Å². The Bertz CT molecular complexity index is 579. The standard InChI is InChI=1S/C15H16N2O2/c1-10-3-5-12(6-4-10)11(2)17-15(19)13-7-8-16-9-14(13)18/h3-9,11,18H,1-2H3,(H,17,19). The lowest BCUT2D eigenvalue weighted by Crippen LogP contribution is -2.26. The van der Waals surface area contributed by atoms with Gasteiger partial charge in [0.15, 0.2) is 0 Å². The number of pyridine rings is 1. The van der Waals surface area contributed by atoms with E-state index in [1.165, 1.54) is 24.0 Å². The maximum absolute atomic E-state index is 12.0. The number of aryl methyl sites for hydroxylation is 1. The van der Waals surface area contributed by atoms with Gasteiger partial charge in [-0.1, -0.05) is 29.8 Å². The molecule has 1 aromatic heterocycles. The van der Waals surface area contributed by atoms with Crippen LogP contribution in [0.2, 0.25) is 0 Å². The van der Waals surface area contributed by atoms with Crippen LogP contribution in [0.4, 0.5) is 0 Å². The van der Waals surface area contributed by atoms with Crippen molar-refractivity contribution in [3.05, 3.63) is 59.4 Å². The summed E-state index contributed by atoms with van der Waals surface area (Å²) in [5.74, 6) is -0.427. The molecule has 1 unspecified atom stereocenters. The van der Waals surface area contributed by atoms with Gasteiger partial charge in [0.25, 0.3) is 5.91 Å². The Balaban J connectivity index is 2.11. The second-order valence-corrected chi connectivity index (χ2v) is 4.50. The van der Waals surface area contributed by atoms with Crippen molar-refractivity contribution in [1.29, 1.82) is 0 Å². The van der Waals surface area contributed by atoms with Gasteiger partial charge in [-0.15, -0.1) is 0 Å². The Kier molecular flexibility index (Phi) is 3.80. The normalized spacial score (nSPS) is 11.9. The minimum Gasteiger partial charge on any atom is -0.505 e. The number of hydrogen-bond acceptors (Lipinski definition) is 3. The summed E-state index contributed by atoms with van der Waals surface area (Å²) in [4.78, 5) is 15.8. The van der Waals surface area contributed by atoms with E-state index in [0.29, 0.717) is 0 Å². The smallest absolute Gasteiger partial charge is 0.255 e. The van der Waals surface area contributed by atoms with Gasteiger partial charge in [0.1, 0.15) is 5.75 Å². The average molecular weight is 256 g/mol. The lowest BCUT2D eigenvalue weighted by molar-refractivity contribution is 0.0937. The number of aromatic nitrogens is 1. The van der Waals surface area contributed by atoms with Crippen LogP contribution in [0.3, 0.4) is 0 Å². The van der Waals surface area contributed by atoms with Crippen LogP contribution < -0.4 is 5.32 Å². The van der Waals surface area contributed by atoms with Crippen LogP contribution in [-0.2, 0) is 0 Å². The van der Waals surface area contributed by atoms with Crippen LogP contribution in [0, 0.1) is 6.92 Å². The van der Waals surface area contributed by atoms with E-state index < -0.39 is 0 Å². The summed E-state index contributed by atoms with van der Waals surface area (Å²) in [7, 11) is 0. The van der Waals surface area contributed by atoms with Crippen LogP contribution in [0.5, 0.6) is 5.75 Å². The molecule has 1 heterocycles. The van der Waals surface area contributed by atoms with E-state index in [-0.39, 0.29) is 23.3 Å². The molecule has 98 valence electrons. The molecule has 0 spiro atoms. The van der Waals surface area contributed by atoms with Gasteiger partial charge in [0.2, 0.25) is 0 Å². The van der Waals surface area contributed by atoms with E-state index in [0.717, 1.165) is 5.56 Å². The Morgan fingerprint density at radius 2 is 1.95 bits per heavy atom. The third kappa shape index (κ3) is 3.10. The Morgan fingerprint density at radius 1 is 1.26 bits per heavy atom. The summed E-state index contributed by atoms with van der Waals surface area (Å²) >= 11 is 0. The van der Waals surface area contributed by atoms with Gasteiger partial charge in [0.05, 0.1) is 17.8 Å². The molecule has 0 bridgehead atoms. The number of aromatic hydroxyl groups is 1. The number of nitrogens with one attached hydrogen (secondary N) is 1. The van der Waals surface area contributed by atoms with E-state index in [9.17, 15) is 9.90 Å². The minimum atomic E-state index is -0.312. The highest BCUT2D eigenvalue weighted by Crippen LogP contribution is 2.17. The monoisotopic (exact) mass is 256 g/mol. The van der Waals surface area contributed by atoms with Gasteiger partial charge in [-0.05, 0) is 25.5 Å². The highest BCUT2D eigenvalue weighted by molar-refractivity contribution is 5.96. The van der Waals surface area contributed by atoms with Crippen LogP contribution in [0.15, 0.2) is 42.7 Å². The van der Waals surface area contributed by atoms with Gasteiger partial charge < -0.3 is 10.4 Å². The topological polar surface area (TPSA) is 62.2 Å². The predicted molar refractivity (Wildman–Crippen MR) is 73.0 cm³/mol. The van der Waals surface area contributed by atoms with E-state index in [1.54, 1.807) is 0 Å². The predicted octanol–water partition coefficient (Wildman–Crippen LogP) is 2.59. The van der Waals surface area contributed by atoms with Gasteiger partial charge in [-0.25, -0.2) is 0 Å². The van der Waals surface area contributed by atoms with Crippen molar-refractivity contribution in [1.82, 2.24) is 10.3 Å². The maximum atomic E-state index is 12.0. The second kappa shape index (κ2) is 5.52. The first-order valence-electron chi connectivity index (χ1n) is 6.08. The zero-order valence-electron chi connectivity index (χ0n) is 10.9. The van der Waals surface area contributed by atoms with E-state index in [1.807, 2.05) is 38.1 Å². The first-order chi connectivity index (χ1) is 9.08. The second-order valence-electron chi connectivity index (χ2n) is 4.50. The fraction of sp³-hybridized carbons (Fsp3) is 0.200. The van der Waals surface area contributed by atoms with Crippen molar-refractivity contribution in [2.75, 3.05) is 0 Å². The molecule has 0 aliphatic heterocycles. The first-order valence-corrected chi connectivity index (χ1v) is 6.08. The van der Waals surface area contributed by atoms with Crippen LogP contribution >= 0.6 is 0 Å². The van der Waals surface area contributed by atoms with Crippen molar-refractivity contribution in [2.24, 2.45) is 0 Å². The molecule has 2 aromatic rings. The van der Waals surface area contributed by atoms with E-state index in [2.05, 4.69) is 10.3 Å². The fourth-order valence-electron chi connectivity index (χ4n) is 1.79. The summed E-state index contributed by atoms with van der Waals surface area (Å²) in [6.07, 6.45) is 2.73. The highest BCUT2D eigenvalue weighted by atomic mass is 16.3. The molecule has 0 aliphatic rings. The van der Waals surface area contributed by atoms with Crippen molar-refractivity contribution in [2.45, 2.75) is 19.9 Å². The quantitative estimate of drug-likeness (QED) is 0.887. The summed E-state index contributed by atoms with van der Waals surface area (Å²) in [6, 6.07) is 9.33. The Hall–Kier alpha value is -2.36. The molecule has 1 amide bonds. The summed E-state index contributed by atoms with van der Waals surface area (Å²) < 4.78 is 0. The number of carbonyl (C=O) groups is 1. The molecule has 4 heteroatoms. The van der Waals surface area contributed by atoms with Crippen molar-refractivity contribution >= 4 is 5.91 Å². The molecule has 19 heavy (non-hydrogen) atoms. The number of rotatable bonds is 3. The fourth-order valence-corrected chi connectivity index (χ4v) is 1.79. The highest BCUT2D eigenvalue weighted by Gasteiger charge is 2.14. The van der Waals surface area contributed by atoms with Crippen molar-refractivity contribution in [3.63, 3.8) is 0 Å². The third-order valence-electron chi connectivity index (χ3n) is 2.97. The molecule has 1 atom stereocenters. The molecule has 1 aromatic carbocycles. The Labute approximate surface area is 112 Å². The molecular formula is C15H16N2O2. The summed E-state index contributed by atoms with van der Waals surface area (Å²) in [5, 5.41) is 12.4. The molecular weight excluding hydrogens is 240 g/mol. The third-order valence-corrected chi connectivity index (χ3v) is 2.97. The van der Waals surface area contributed by atoms with Crippen LogP contribution in [0.25, 0.3) is 0 Å². The summed E-state index contributed by atoms with van der Waals surface area (Å²) in [5.41, 5.74) is 2.43. The number of hydrogen-bond donors (Lipinski definition) is 2. The van der Waals surface area contributed by atoms with Gasteiger partial charge in [0, 0.05) is 6.20 Å². The van der Waals surface area contributed by atoms with Crippen LogP contribution in [-0.4, -0.2) is 16.0 Å². The molecule has 0 aliphatic carbocycles. The number of benzene rings is 1. The largest absolute Gasteiger partial charge is 0.505 e. The van der Waals surface area contributed by atoms with Gasteiger partial charge >= 0.3 is 0 Å². The molecule has 2 N–H and O–H groups in total. The average Bonchev–Trinajstić information content (AvgIpc) is 2.39. The SMILES string of the molecule is Cc1ccc(C(C)NC(=O)c2ccncc2O)cc1. The molecule has 0 saturated carbocycles. The molecule has 0 radical (unpaired) electrons. The zero-order valence-corrected chi connectivity index (χ0v) is 10.9. The number of amides is 1. The summed E-state index contributed by atoms with van der Waals surface area (Å²) in [6.45, 7) is 3.92. The molecule has 4 nitrogen and oxygen atoms in total. The lowest BCUT2D eigenvalue weighted by atomic mass is 10.1. The molecule has 0 saturated heterocycles.